The van der Waals surface area contributed by atoms with Crippen molar-refractivity contribution in [3.63, 3.8) is 0 Å². The summed E-state index contributed by atoms with van der Waals surface area (Å²) in [6, 6.07) is 44.1. The SMILES string of the molecule is Cc1ccc2c(c1)c1cc(C)ccc1n2-c1ccc(-c2nc(-c3ccccc3)nc(-c3ccccc3)n2)c(-c2cccnc2)c1. The zero-order valence-electron chi connectivity index (χ0n) is 25.0. The molecule has 0 atom stereocenters. The maximum atomic E-state index is 5.05. The minimum atomic E-state index is 0.613. The summed E-state index contributed by atoms with van der Waals surface area (Å²) in [5.74, 6) is 1.88. The minimum absolute atomic E-state index is 0.613. The Bertz CT molecular complexity index is 2210. The molecule has 0 N–H and O–H groups in total. The highest BCUT2D eigenvalue weighted by Gasteiger charge is 2.19. The van der Waals surface area contributed by atoms with Crippen molar-refractivity contribution in [1.29, 1.82) is 0 Å². The zero-order valence-corrected chi connectivity index (χ0v) is 25.0. The molecule has 3 heterocycles. The van der Waals surface area contributed by atoms with Gasteiger partial charge in [-0.15, -0.1) is 0 Å². The molecule has 5 heteroatoms. The Labute approximate surface area is 261 Å². The molecule has 0 spiro atoms. The van der Waals surface area contributed by atoms with Crippen LogP contribution in [-0.2, 0) is 0 Å². The lowest BCUT2D eigenvalue weighted by molar-refractivity contribution is 1.07. The van der Waals surface area contributed by atoms with E-state index in [1.807, 2.05) is 72.9 Å². The lowest BCUT2D eigenvalue weighted by atomic mass is 9.99. The molecule has 5 aromatic carbocycles. The van der Waals surface area contributed by atoms with Gasteiger partial charge in [-0.2, -0.15) is 0 Å². The average molecular weight is 580 g/mol. The molecule has 5 nitrogen and oxygen atoms in total. The van der Waals surface area contributed by atoms with E-state index in [0.717, 1.165) is 33.5 Å². The van der Waals surface area contributed by atoms with E-state index in [2.05, 4.69) is 84.1 Å². The van der Waals surface area contributed by atoms with Crippen molar-refractivity contribution in [2.45, 2.75) is 13.8 Å². The van der Waals surface area contributed by atoms with Crippen molar-refractivity contribution < 1.29 is 0 Å². The molecule has 0 saturated heterocycles. The molecule has 214 valence electrons. The van der Waals surface area contributed by atoms with E-state index in [-0.39, 0.29) is 0 Å². The molecule has 0 bridgehead atoms. The van der Waals surface area contributed by atoms with Crippen LogP contribution >= 0.6 is 0 Å². The fourth-order valence-electron chi connectivity index (χ4n) is 6.09. The Morgan fingerprint density at radius 2 is 1.02 bits per heavy atom. The zero-order chi connectivity index (χ0) is 30.3. The quantitative estimate of drug-likeness (QED) is 0.204. The van der Waals surface area contributed by atoms with Crippen molar-refractivity contribution in [3.8, 4) is 51.0 Å². The third-order valence-corrected chi connectivity index (χ3v) is 8.25. The van der Waals surface area contributed by atoms with Crippen LogP contribution in [0.1, 0.15) is 11.1 Å². The lowest BCUT2D eigenvalue weighted by Crippen LogP contribution is -2.02. The summed E-state index contributed by atoms with van der Waals surface area (Å²) < 4.78 is 2.35. The molecule has 0 fully saturated rings. The second-order valence-electron chi connectivity index (χ2n) is 11.4. The Morgan fingerprint density at radius 3 is 1.58 bits per heavy atom. The molecule has 0 saturated carbocycles. The average Bonchev–Trinajstić information content (AvgIpc) is 3.41. The Balaban J connectivity index is 1.39. The number of benzene rings is 5. The van der Waals surface area contributed by atoms with Gasteiger partial charge < -0.3 is 4.57 Å². The summed E-state index contributed by atoms with van der Waals surface area (Å²) in [5, 5.41) is 2.50. The first-order valence-corrected chi connectivity index (χ1v) is 15.1. The van der Waals surface area contributed by atoms with Crippen molar-refractivity contribution in [2.24, 2.45) is 0 Å². The molecule has 0 aliphatic heterocycles. The van der Waals surface area contributed by atoms with Crippen LogP contribution in [-0.4, -0.2) is 24.5 Å². The van der Waals surface area contributed by atoms with Gasteiger partial charge in [0, 0.05) is 51.1 Å². The monoisotopic (exact) mass is 579 g/mol. The Hall–Kier alpha value is -5.94. The molecule has 0 aliphatic rings. The highest BCUT2D eigenvalue weighted by Crippen LogP contribution is 2.38. The summed E-state index contributed by atoms with van der Waals surface area (Å²) in [6.45, 7) is 4.30. The van der Waals surface area contributed by atoms with E-state index in [9.17, 15) is 0 Å². The third kappa shape index (κ3) is 4.85. The van der Waals surface area contributed by atoms with Gasteiger partial charge in [-0.25, -0.2) is 15.0 Å². The molecule has 45 heavy (non-hydrogen) atoms. The maximum absolute atomic E-state index is 5.05. The summed E-state index contributed by atoms with van der Waals surface area (Å²) in [7, 11) is 0. The first-order chi connectivity index (χ1) is 22.1. The van der Waals surface area contributed by atoms with E-state index >= 15 is 0 Å². The summed E-state index contributed by atoms with van der Waals surface area (Å²) >= 11 is 0. The van der Waals surface area contributed by atoms with Crippen molar-refractivity contribution in [1.82, 2.24) is 24.5 Å². The van der Waals surface area contributed by atoms with E-state index in [4.69, 9.17) is 15.0 Å². The normalized spacial score (nSPS) is 11.3. The topological polar surface area (TPSA) is 56.5 Å². The fourth-order valence-corrected chi connectivity index (χ4v) is 6.09. The van der Waals surface area contributed by atoms with Gasteiger partial charge in [-0.05, 0) is 67.9 Å². The van der Waals surface area contributed by atoms with Crippen LogP contribution < -0.4 is 0 Å². The van der Waals surface area contributed by atoms with Crippen LogP contribution in [0.2, 0.25) is 0 Å². The molecule has 8 aromatic rings. The molecule has 0 radical (unpaired) electrons. The number of hydrogen-bond acceptors (Lipinski definition) is 4. The third-order valence-electron chi connectivity index (χ3n) is 8.25. The van der Waals surface area contributed by atoms with E-state index in [1.165, 1.54) is 32.9 Å². The highest BCUT2D eigenvalue weighted by atomic mass is 15.0. The van der Waals surface area contributed by atoms with Crippen LogP contribution in [0.15, 0.2) is 140 Å². The van der Waals surface area contributed by atoms with Gasteiger partial charge in [-0.3, -0.25) is 4.98 Å². The molecule has 0 aliphatic carbocycles. The predicted octanol–water partition coefficient (Wildman–Crippen LogP) is 9.65. The fraction of sp³-hybridized carbons (Fsp3) is 0.0500. The van der Waals surface area contributed by atoms with Crippen molar-refractivity contribution in [3.05, 3.63) is 151 Å². The van der Waals surface area contributed by atoms with Crippen LogP contribution in [0.5, 0.6) is 0 Å². The molecule has 8 rings (SSSR count). The van der Waals surface area contributed by atoms with Gasteiger partial charge in [0.15, 0.2) is 17.5 Å². The number of hydrogen-bond donors (Lipinski definition) is 0. The molecule has 0 amide bonds. The van der Waals surface area contributed by atoms with Gasteiger partial charge in [-0.1, -0.05) is 90.0 Å². The Kier molecular flexibility index (Phi) is 6.50. The highest BCUT2D eigenvalue weighted by molar-refractivity contribution is 6.09. The molecular weight excluding hydrogens is 550 g/mol. The van der Waals surface area contributed by atoms with Crippen LogP contribution in [0.4, 0.5) is 0 Å². The van der Waals surface area contributed by atoms with Gasteiger partial charge in [0.25, 0.3) is 0 Å². The second kappa shape index (κ2) is 11.0. The van der Waals surface area contributed by atoms with Gasteiger partial charge in [0.05, 0.1) is 11.0 Å². The van der Waals surface area contributed by atoms with E-state index in [1.54, 1.807) is 6.20 Å². The summed E-state index contributed by atoms with van der Waals surface area (Å²) in [6.07, 6.45) is 3.70. The van der Waals surface area contributed by atoms with Crippen molar-refractivity contribution >= 4 is 21.8 Å². The number of pyridine rings is 1. The summed E-state index contributed by atoms with van der Waals surface area (Å²) in [5.41, 5.74) is 10.7. The second-order valence-corrected chi connectivity index (χ2v) is 11.4. The van der Waals surface area contributed by atoms with Crippen molar-refractivity contribution in [2.75, 3.05) is 0 Å². The summed E-state index contributed by atoms with van der Waals surface area (Å²) in [4.78, 5) is 19.5. The number of aryl methyl sites for hydroxylation is 2. The Morgan fingerprint density at radius 1 is 0.467 bits per heavy atom. The number of fused-ring (bicyclic) bond motifs is 3. The lowest BCUT2D eigenvalue weighted by Gasteiger charge is -2.15. The molecular formula is C40H29N5. The largest absolute Gasteiger partial charge is 0.309 e. The first-order valence-electron chi connectivity index (χ1n) is 15.1. The van der Waals surface area contributed by atoms with Gasteiger partial charge >= 0.3 is 0 Å². The number of nitrogens with zero attached hydrogens (tertiary/aromatic N) is 5. The predicted molar refractivity (Wildman–Crippen MR) is 183 cm³/mol. The molecule has 3 aromatic heterocycles. The van der Waals surface area contributed by atoms with Crippen LogP contribution in [0.3, 0.4) is 0 Å². The van der Waals surface area contributed by atoms with E-state index in [0.29, 0.717) is 17.5 Å². The number of rotatable bonds is 5. The smallest absolute Gasteiger partial charge is 0.164 e. The molecule has 0 unspecified atom stereocenters. The number of aromatic nitrogens is 5. The van der Waals surface area contributed by atoms with Gasteiger partial charge in [0.1, 0.15) is 0 Å². The van der Waals surface area contributed by atoms with E-state index < -0.39 is 0 Å². The maximum Gasteiger partial charge on any atom is 0.164 e. The first kappa shape index (κ1) is 26.7. The standard InChI is InChI=1S/C40H29N5/c1-26-15-19-36-34(22-26)35-23-27(2)16-20-37(35)45(36)31-17-18-32(33(24-31)30-14-9-21-41-25-30)40-43-38(28-10-5-3-6-11-28)42-39(44-40)29-12-7-4-8-13-29/h3-25H,1-2H3. The van der Waals surface area contributed by atoms with Gasteiger partial charge in [0.2, 0.25) is 0 Å². The minimum Gasteiger partial charge on any atom is -0.309 e. The van der Waals surface area contributed by atoms with Crippen LogP contribution in [0, 0.1) is 13.8 Å². The van der Waals surface area contributed by atoms with Crippen LogP contribution in [0.25, 0.3) is 72.8 Å².